The highest BCUT2D eigenvalue weighted by atomic mass is 79.9. The molecule has 1 aromatic rings. The van der Waals surface area contributed by atoms with Crippen molar-refractivity contribution >= 4 is 27.5 Å². The van der Waals surface area contributed by atoms with Gasteiger partial charge in [0, 0.05) is 17.9 Å². The number of rotatable bonds is 5. The number of carbonyl (C=O) groups excluding carboxylic acids is 1. The van der Waals surface area contributed by atoms with Gasteiger partial charge in [0.05, 0.1) is 4.92 Å². The number of nitro groups is 1. The number of alkyl halides is 1. The molecule has 1 fully saturated rings. The monoisotopic (exact) mass is 354 g/mol. The number of nitrogens with zero attached hydrogens (tertiary/aromatic N) is 1. The molecule has 0 aromatic heterocycles. The molecule has 21 heavy (non-hydrogen) atoms. The molecule has 0 spiro atoms. The van der Waals surface area contributed by atoms with Gasteiger partial charge in [0.25, 0.3) is 11.6 Å². The summed E-state index contributed by atoms with van der Waals surface area (Å²) in [6.45, 7) is 2.28. The Morgan fingerprint density at radius 1 is 1.43 bits per heavy atom. The predicted octanol–water partition coefficient (Wildman–Crippen LogP) is 3.59. The summed E-state index contributed by atoms with van der Waals surface area (Å²) >= 11 is 3.53. The van der Waals surface area contributed by atoms with Crippen LogP contribution in [0.1, 0.15) is 41.6 Å². The van der Waals surface area contributed by atoms with Gasteiger partial charge in [-0.25, -0.2) is 0 Å². The predicted molar refractivity (Wildman–Crippen MR) is 84.9 cm³/mol. The molecule has 1 N–H and O–H groups in total. The third kappa shape index (κ3) is 3.43. The number of aryl methyl sites for hydroxylation is 1. The molecule has 1 amide bonds. The van der Waals surface area contributed by atoms with E-state index in [9.17, 15) is 14.9 Å². The molecule has 114 valence electrons. The molecule has 5 nitrogen and oxygen atoms in total. The second kappa shape index (κ2) is 6.56. The normalized spacial score (nSPS) is 16.7. The van der Waals surface area contributed by atoms with E-state index in [1.165, 1.54) is 18.9 Å². The SMILES string of the molecule is Cc1cccc([N+](=O)[O-])c1C(=O)NCC1(CBr)CCCC1. The molecule has 1 saturated carbocycles. The standard InChI is InChI=1S/C15H19BrN2O3/c1-11-5-4-6-12(18(20)21)13(11)14(19)17-10-15(9-16)7-2-3-8-15/h4-6H,2-3,7-10H2,1H3,(H,17,19). The van der Waals surface area contributed by atoms with E-state index in [1.54, 1.807) is 19.1 Å². The minimum Gasteiger partial charge on any atom is -0.351 e. The van der Waals surface area contributed by atoms with Crippen molar-refractivity contribution in [2.75, 3.05) is 11.9 Å². The maximum Gasteiger partial charge on any atom is 0.282 e. The zero-order chi connectivity index (χ0) is 15.5. The molecular weight excluding hydrogens is 336 g/mol. The number of halogens is 1. The van der Waals surface area contributed by atoms with Gasteiger partial charge in [-0.3, -0.25) is 14.9 Å². The molecule has 0 unspecified atom stereocenters. The first-order valence-corrected chi connectivity index (χ1v) is 8.19. The van der Waals surface area contributed by atoms with Crippen molar-refractivity contribution in [2.24, 2.45) is 5.41 Å². The number of hydrogen-bond donors (Lipinski definition) is 1. The average Bonchev–Trinajstić information content (AvgIpc) is 2.94. The summed E-state index contributed by atoms with van der Waals surface area (Å²) in [4.78, 5) is 22.9. The lowest BCUT2D eigenvalue weighted by atomic mass is 9.88. The van der Waals surface area contributed by atoms with Gasteiger partial charge in [-0.05, 0) is 30.7 Å². The molecule has 1 aromatic carbocycles. The molecule has 1 aliphatic carbocycles. The third-order valence-corrected chi connectivity index (χ3v) is 5.44. The van der Waals surface area contributed by atoms with Gasteiger partial charge < -0.3 is 5.32 Å². The number of amides is 1. The van der Waals surface area contributed by atoms with Crippen molar-refractivity contribution in [3.05, 3.63) is 39.4 Å². The van der Waals surface area contributed by atoms with Crippen LogP contribution < -0.4 is 5.32 Å². The Morgan fingerprint density at radius 2 is 2.10 bits per heavy atom. The van der Waals surface area contributed by atoms with Gasteiger partial charge in [-0.2, -0.15) is 0 Å². The Morgan fingerprint density at radius 3 is 2.67 bits per heavy atom. The van der Waals surface area contributed by atoms with Crippen molar-refractivity contribution in [1.29, 1.82) is 0 Å². The third-order valence-electron chi connectivity index (χ3n) is 4.25. The smallest absolute Gasteiger partial charge is 0.282 e. The molecular formula is C15H19BrN2O3. The van der Waals surface area contributed by atoms with Gasteiger partial charge in [0.15, 0.2) is 0 Å². The van der Waals surface area contributed by atoms with Crippen LogP contribution in [0.5, 0.6) is 0 Å². The Bertz CT molecular complexity index is 554. The largest absolute Gasteiger partial charge is 0.351 e. The van der Waals surface area contributed by atoms with Gasteiger partial charge in [0.2, 0.25) is 0 Å². The van der Waals surface area contributed by atoms with E-state index in [1.807, 2.05) is 0 Å². The van der Waals surface area contributed by atoms with Crippen LogP contribution >= 0.6 is 15.9 Å². The first kappa shape index (κ1) is 15.9. The summed E-state index contributed by atoms with van der Waals surface area (Å²) in [5.74, 6) is -0.355. The van der Waals surface area contributed by atoms with Gasteiger partial charge in [0.1, 0.15) is 5.56 Å². The van der Waals surface area contributed by atoms with Crippen LogP contribution in [0.3, 0.4) is 0 Å². The highest BCUT2D eigenvalue weighted by Gasteiger charge is 2.33. The fraction of sp³-hybridized carbons (Fsp3) is 0.533. The zero-order valence-electron chi connectivity index (χ0n) is 12.0. The lowest BCUT2D eigenvalue weighted by Gasteiger charge is -2.26. The van der Waals surface area contributed by atoms with Crippen molar-refractivity contribution in [2.45, 2.75) is 32.6 Å². The summed E-state index contributed by atoms with van der Waals surface area (Å²) < 4.78 is 0. The Kier molecular flexibility index (Phi) is 4.98. The summed E-state index contributed by atoms with van der Waals surface area (Å²) in [5.41, 5.74) is 0.755. The van der Waals surface area contributed by atoms with E-state index in [2.05, 4.69) is 21.2 Å². The number of hydrogen-bond acceptors (Lipinski definition) is 3. The second-order valence-corrected chi connectivity index (χ2v) is 6.31. The highest BCUT2D eigenvalue weighted by Crippen LogP contribution is 2.39. The van der Waals surface area contributed by atoms with Crippen LogP contribution in [0.4, 0.5) is 5.69 Å². The van der Waals surface area contributed by atoms with Crippen molar-refractivity contribution in [3.8, 4) is 0 Å². The Hall–Kier alpha value is -1.43. The zero-order valence-corrected chi connectivity index (χ0v) is 13.6. The molecule has 0 atom stereocenters. The summed E-state index contributed by atoms with van der Waals surface area (Å²) in [6, 6.07) is 4.69. The molecule has 6 heteroatoms. The van der Waals surface area contributed by atoms with E-state index < -0.39 is 4.92 Å². The van der Waals surface area contributed by atoms with Crippen molar-refractivity contribution < 1.29 is 9.72 Å². The van der Waals surface area contributed by atoms with Crippen LogP contribution in [0.25, 0.3) is 0 Å². The summed E-state index contributed by atoms with van der Waals surface area (Å²) in [5, 5.41) is 14.8. The lowest BCUT2D eigenvalue weighted by Crippen LogP contribution is -2.37. The lowest BCUT2D eigenvalue weighted by molar-refractivity contribution is -0.385. The molecule has 0 heterocycles. The van der Waals surface area contributed by atoms with E-state index in [0.717, 1.165) is 18.2 Å². The molecule has 2 rings (SSSR count). The summed E-state index contributed by atoms with van der Waals surface area (Å²) in [6.07, 6.45) is 4.50. The van der Waals surface area contributed by atoms with E-state index in [4.69, 9.17) is 0 Å². The number of nitrogens with one attached hydrogen (secondary N) is 1. The average molecular weight is 355 g/mol. The van der Waals surface area contributed by atoms with E-state index in [0.29, 0.717) is 12.1 Å². The van der Waals surface area contributed by atoms with Crippen LogP contribution in [0.2, 0.25) is 0 Å². The minimum atomic E-state index is -0.502. The van der Waals surface area contributed by atoms with Crippen LogP contribution in [-0.2, 0) is 0 Å². The van der Waals surface area contributed by atoms with Crippen molar-refractivity contribution in [1.82, 2.24) is 5.32 Å². The Labute approximate surface area is 132 Å². The highest BCUT2D eigenvalue weighted by molar-refractivity contribution is 9.09. The van der Waals surface area contributed by atoms with Crippen molar-refractivity contribution in [3.63, 3.8) is 0 Å². The summed E-state index contributed by atoms with van der Waals surface area (Å²) in [7, 11) is 0. The van der Waals surface area contributed by atoms with Crippen LogP contribution in [0, 0.1) is 22.5 Å². The maximum atomic E-state index is 12.4. The molecule has 0 bridgehead atoms. The molecule has 0 saturated heterocycles. The topological polar surface area (TPSA) is 72.2 Å². The maximum absolute atomic E-state index is 12.4. The van der Waals surface area contributed by atoms with E-state index in [-0.39, 0.29) is 22.6 Å². The van der Waals surface area contributed by atoms with Crippen LogP contribution in [0.15, 0.2) is 18.2 Å². The van der Waals surface area contributed by atoms with Gasteiger partial charge in [-0.1, -0.05) is 40.9 Å². The first-order chi connectivity index (χ1) is 9.99. The van der Waals surface area contributed by atoms with Crippen LogP contribution in [-0.4, -0.2) is 22.7 Å². The number of nitro benzene ring substituents is 1. The second-order valence-electron chi connectivity index (χ2n) is 5.75. The molecule has 0 aliphatic heterocycles. The number of benzene rings is 1. The van der Waals surface area contributed by atoms with E-state index >= 15 is 0 Å². The molecule has 0 radical (unpaired) electrons. The first-order valence-electron chi connectivity index (χ1n) is 7.07. The van der Waals surface area contributed by atoms with Gasteiger partial charge >= 0.3 is 0 Å². The molecule has 1 aliphatic rings. The Balaban J connectivity index is 2.16. The minimum absolute atomic E-state index is 0.0904. The fourth-order valence-electron chi connectivity index (χ4n) is 2.94. The fourth-order valence-corrected chi connectivity index (χ4v) is 3.70. The quantitative estimate of drug-likeness (QED) is 0.498. The number of carbonyl (C=O) groups is 1. The van der Waals surface area contributed by atoms with Gasteiger partial charge in [-0.15, -0.1) is 0 Å².